The van der Waals surface area contributed by atoms with Crippen LogP contribution in [0.1, 0.15) is 17.9 Å². The van der Waals surface area contributed by atoms with Gasteiger partial charge in [0, 0.05) is 17.4 Å². The number of benzene rings is 1. The van der Waals surface area contributed by atoms with Crippen LogP contribution >= 0.6 is 11.3 Å². The Labute approximate surface area is 153 Å². The number of aryl methyl sites for hydroxylation is 1. The Morgan fingerprint density at radius 2 is 2.08 bits per heavy atom. The van der Waals surface area contributed by atoms with Crippen molar-refractivity contribution in [3.63, 3.8) is 0 Å². The van der Waals surface area contributed by atoms with Crippen LogP contribution in [0.2, 0.25) is 0 Å². The van der Waals surface area contributed by atoms with Gasteiger partial charge in [0.2, 0.25) is 11.7 Å². The first-order chi connectivity index (χ1) is 12.7. The Morgan fingerprint density at radius 1 is 1.23 bits per heavy atom. The van der Waals surface area contributed by atoms with Crippen LogP contribution in [-0.2, 0) is 16.0 Å². The van der Waals surface area contributed by atoms with Crippen molar-refractivity contribution in [2.45, 2.75) is 12.8 Å². The second-order valence-electron chi connectivity index (χ2n) is 5.23. The van der Waals surface area contributed by atoms with E-state index in [0.29, 0.717) is 29.4 Å². The molecule has 0 bridgehead atoms. The number of hydrogen-bond donors (Lipinski definition) is 0. The molecule has 0 aliphatic rings. The lowest BCUT2D eigenvalue weighted by Gasteiger charge is -2.07. The number of rotatable bonds is 8. The van der Waals surface area contributed by atoms with Gasteiger partial charge >= 0.3 is 5.97 Å². The predicted octanol–water partition coefficient (Wildman–Crippen LogP) is 3.22. The van der Waals surface area contributed by atoms with Crippen molar-refractivity contribution in [2.24, 2.45) is 0 Å². The van der Waals surface area contributed by atoms with Crippen molar-refractivity contribution in [1.29, 1.82) is 5.26 Å². The monoisotopic (exact) mass is 369 g/mol. The first kappa shape index (κ1) is 17.6. The van der Waals surface area contributed by atoms with Crippen molar-refractivity contribution < 1.29 is 18.8 Å². The fourth-order valence-corrected chi connectivity index (χ4v) is 2.72. The molecule has 26 heavy (non-hydrogen) atoms. The summed E-state index contributed by atoms with van der Waals surface area (Å²) in [6, 6.07) is 10.7. The third kappa shape index (κ3) is 4.91. The van der Waals surface area contributed by atoms with Crippen LogP contribution in [0, 0.1) is 11.3 Å². The summed E-state index contributed by atoms with van der Waals surface area (Å²) in [6.07, 6.45) is 0.481. The summed E-state index contributed by atoms with van der Waals surface area (Å²) in [6.45, 7) is 0.378. The predicted molar refractivity (Wildman–Crippen MR) is 93.5 cm³/mol. The highest BCUT2D eigenvalue weighted by Gasteiger charge is 2.11. The molecular formula is C18H15N3O4S. The van der Waals surface area contributed by atoms with E-state index in [4.69, 9.17) is 19.3 Å². The minimum atomic E-state index is -0.358. The van der Waals surface area contributed by atoms with Crippen LogP contribution in [0.3, 0.4) is 0 Å². The quantitative estimate of drug-likeness (QED) is 0.444. The first-order valence-electron chi connectivity index (χ1n) is 7.88. The molecule has 8 heteroatoms. The van der Waals surface area contributed by atoms with Crippen molar-refractivity contribution in [3.05, 3.63) is 52.5 Å². The van der Waals surface area contributed by atoms with Crippen LogP contribution in [-0.4, -0.2) is 29.3 Å². The van der Waals surface area contributed by atoms with Gasteiger partial charge < -0.3 is 14.0 Å². The lowest BCUT2D eigenvalue weighted by molar-refractivity contribution is -0.144. The molecule has 0 radical (unpaired) electrons. The minimum absolute atomic E-state index is 0.142. The van der Waals surface area contributed by atoms with Crippen molar-refractivity contribution >= 4 is 17.3 Å². The zero-order valence-corrected chi connectivity index (χ0v) is 14.6. The molecule has 0 saturated carbocycles. The summed E-state index contributed by atoms with van der Waals surface area (Å²) in [5, 5.41) is 16.5. The Kier molecular flexibility index (Phi) is 5.96. The molecule has 0 unspecified atom stereocenters. The fourth-order valence-electron chi connectivity index (χ4n) is 2.09. The summed E-state index contributed by atoms with van der Waals surface area (Å²) < 4.78 is 15.7. The normalized spacial score (nSPS) is 10.3. The van der Waals surface area contributed by atoms with Crippen LogP contribution < -0.4 is 4.74 Å². The van der Waals surface area contributed by atoms with E-state index in [2.05, 4.69) is 10.1 Å². The fraction of sp³-hybridized carbons (Fsp3) is 0.222. The molecule has 0 atom stereocenters. The van der Waals surface area contributed by atoms with Gasteiger partial charge in [-0.15, -0.1) is 0 Å². The molecule has 1 aromatic carbocycles. The van der Waals surface area contributed by atoms with Gasteiger partial charge in [0.1, 0.15) is 19.0 Å². The first-order valence-corrected chi connectivity index (χ1v) is 8.82. The Morgan fingerprint density at radius 3 is 2.81 bits per heavy atom. The number of ether oxygens (including phenoxy) is 2. The molecule has 2 aromatic heterocycles. The molecule has 132 valence electrons. The molecule has 3 rings (SSSR count). The maximum atomic E-state index is 11.7. The summed E-state index contributed by atoms with van der Waals surface area (Å²) in [5.41, 5.74) is 1.46. The summed E-state index contributed by atoms with van der Waals surface area (Å²) in [7, 11) is 0. The average molecular weight is 369 g/mol. The number of esters is 1. The Balaban J connectivity index is 1.35. The topological polar surface area (TPSA) is 98.2 Å². The highest BCUT2D eigenvalue weighted by Crippen LogP contribution is 2.19. The largest absolute Gasteiger partial charge is 0.490 e. The van der Waals surface area contributed by atoms with E-state index < -0.39 is 0 Å². The summed E-state index contributed by atoms with van der Waals surface area (Å²) >= 11 is 1.55. The highest BCUT2D eigenvalue weighted by atomic mass is 32.1. The molecule has 0 fully saturated rings. The Hall–Kier alpha value is -3.18. The third-order valence-corrected chi connectivity index (χ3v) is 4.07. The van der Waals surface area contributed by atoms with Crippen LogP contribution in [0.15, 0.2) is 45.6 Å². The SMILES string of the molecule is N#Cc1ccc(OCCOC(=O)CCc2nc(-c3ccsc3)no2)cc1. The van der Waals surface area contributed by atoms with E-state index in [1.165, 1.54) is 0 Å². The molecule has 0 spiro atoms. The van der Waals surface area contributed by atoms with E-state index in [1.807, 2.05) is 22.9 Å². The number of nitrogens with zero attached hydrogens (tertiary/aromatic N) is 3. The second kappa shape index (κ2) is 8.78. The van der Waals surface area contributed by atoms with Crippen molar-refractivity contribution in [3.8, 4) is 23.2 Å². The number of aromatic nitrogens is 2. The molecule has 0 N–H and O–H groups in total. The number of carbonyl (C=O) groups excluding carboxylic acids is 1. The number of hydrogen-bond acceptors (Lipinski definition) is 8. The molecule has 2 heterocycles. The van der Waals surface area contributed by atoms with Gasteiger partial charge in [-0.25, -0.2) is 0 Å². The van der Waals surface area contributed by atoms with E-state index in [0.717, 1.165) is 5.56 Å². The lowest BCUT2D eigenvalue weighted by Crippen LogP contribution is -2.12. The molecule has 0 aliphatic carbocycles. The summed E-state index contributed by atoms with van der Waals surface area (Å²) in [5.74, 6) is 1.18. The Bertz CT molecular complexity index is 882. The maximum absolute atomic E-state index is 11.7. The second-order valence-corrected chi connectivity index (χ2v) is 6.01. The highest BCUT2D eigenvalue weighted by molar-refractivity contribution is 7.08. The van der Waals surface area contributed by atoms with E-state index in [9.17, 15) is 4.79 Å². The van der Waals surface area contributed by atoms with Crippen molar-refractivity contribution in [1.82, 2.24) is 10.1 Å². The number of carbonyl (C=O) groups is 1. The zero-order valence-electron chi connectivity index (χ0n) is 13.8. The van der Waals surface area contributed by atoms with Gasteiger partial charge in [-0.2, -0.15) is 21.6 Å². The smallest absolute Gasteiger partial charge is 0.306 e. The van der Waals surface area contributed by atoms with Crippen LogP contribution in [0.5, 0.6) is 5.75 Å². The van der Waals surface area contributed by atoms with Gasteiger partial charge in [0.25, 0.3) is 0 Å². The summed E-state index contributed by atoms with van der Waals surface area (Å²) in [4.78, 5) is 16.0. The molecule has 0 saturated heterocycles. The minimum Gasteiger partial charge on any atom is -0.490 e. The van der Waals surface area contributed by atoms with E-state index in [1.54, 1.807) is 35.6 Å². The lowest BCUT2D eigenvalue weighted by atomic mass is 10.2. The molecule has 0 amide bonds. The van der Waals surface area contributed by atoms with Gasteiger partial charge in [0.15, 0.2) is 0 Å². The number of nitriles is 1. The van der Waals surface area contributed by atoms with E-state index >= 15 is 0 Å². The van der Waals surface area contributed by atoms with Gasteiger partial charge in [-0.1, -0.05) is 5.16 Å². The third-order valence-electron chi connectivity index (χ3n) is 3.39. The maximum Gasteiger partial charge on any atom is 0.306 e. The number of thiophene rings is 1. The van der Waals surface area contributed by atoms with Gasteiger partial charge in [-0.3, -0.25) is 4.79 Å². The molecule has 3 aromatic rings. The molecular weight excluding hydrogens is 354 g/mol. The molecule has 0 aliphatic heterocycles. The average Bonchev–Trinajstić information content (AvgIpc) is 3.35. The zero-order chi connectivity index (χ0) is 18.2. The standard InChI is InChI=1S/C18H15N3O4S/c19-11-13-1-3-15(4-2-13)23-8-9-24-17(22)6-5-16-20-18(21-25-16)14-7-10-26-12-14/h1-4,7,10,12H,5-6,8-9H2. The van der Waals surface area contributed by atoms with Crippen molar-refractivity contribution in [2.75, 3.05) is 13.2 Å². The van der Waals surface area contributed by atoms with E-state index in [-0.39, 0.29) is 25.6 Å². The van der Waals surface area contributed by atoms with Gasteiger partial charge in [0.05, 0.1) is 18.1 Å². The van der Waals surface area contributed by atoms with Crippen LogP contribution in [0.4, 0.5) is 0 Å². The molecule has 7 nitrogen and oxygen atoms in total. The van der Waals surface area contributed by atoms with Gasteiger partial charge in [-0.05, 0) is 35.7 Å². The van der Waals surface area contributed by atoms with Crippen LogP contribution in [0.25, 0.3) is 11.4 Å².